The van der Waals surface area contributed by atoms with Crippen LogP contribution in [0.4, 0.5) is 10.5 Å². The molecule has 7 nitrogen and oxygen atoms in total. The van der Waals surface area contributed by atoms with Crippen molar-refractivity contribution in [2.45, 2.75) is 0 Å². The lowest BCUT2D eigenvalue weighted by atomic mass is 10.2. The fourth-order valence-corrected chi connectivity index (χ4v) is 1.12. The van der Waals surface area contributed by atoms with Gasteiger partial charge in [-0.1, -0.05) is 17.3 Å². The van der Waals surface area contributed by atoms with Crippen molar-refractivity contribution in [3.05, 3.63) is 29.8 Å². The first-order valence-electron chi connectivity index (χ1n) is 5.05. The summed E-state index contributed by atoms with van der Waals surface area (Å²) in [7, 11) is 1.24. The molecule has 96 valence electrons. The Labute approximate surface area is 103 Å². The molecule has 0 unspecified atom stereocenters. The van der Waals surface area contributed by atoms with Crippen molar-refractivity contribution in [2.75, 3.05) is 19.0 Å². The summed E-state index contributed by atoms with van der Waals surface area (Å²) in [6.45, 7) is -0.197. The minimum Gasteiger partial charge on any atom is -0.468 e. The molecule has 0 radical (unpaired) electrons. The second-order valence-electron chi connectivity index (χ2n) is 3.25. The highest BCUT2D eigenvalue weighted by Gasteiger charge is 2.04. The number of urea groups is 1. The van der Waals surface area contributed by atoms with Gasteiger partial charge in [0.15, 0.2) is 0 Å². The lowest BCUT2D eigenvalue weighted by molar-refractivity contribution is -0.139. The molecule has 0 aliphatic rings. The number of hydrogen-bond donors (Lipinski definition) is 3. The van der Waals surface area contributed by atoms with Gasteiger partial charge in [-0.15, -0.1) is 0 Å². The Morgan fingerprint density at radius 2 is 2.06 bits per heavy atom. The zero-order chi connectivity index (χ0) is 13.4. The number of hydrogen-bond acceptors (Lipinski definition) is 5. The van der Waals surface area contributed by atoms with Crippen LogP contribution in [-0.2, 0) is 9.53 Å². The van der Waals surface area contributed by atoms with E-state index in [1.165, 1.54) is 13.3 Å². The van der Waals surface area contributed by atoms with Gasteiger partial charge in [-0.25, -0.2) is 4.79 Å². The smallest absolute Gasteiger partial charge is 0.325 e. The molecule has 0 aromatic heterocycles. The number of rotatable bonds is 4. The Balaban J connectivity index is 2.46. The van der Waals surface area contributed by atoms with Crippen molar-refractivity contribution in [3.8, 4) is 0 Å². The van der Waals surface area contributed by atoms with Gasteiger partial charge in [0.1, 0.15) is 6.54 Å². The van der Waals surface area contributed by atoms with Crippen LogP contribution in [0.2, 0.25) is 0 Å². The highest BCUT2D eigenvalue weighted by atomic mass is 16.5. The van der Waals surface area contributed by atoms with Gasteiger partial charge in [0.05, 0.1) is 13.3 Å². The SMILES string of the molecule is COC(=O)CNC(=O)Nc1ccc(C=NO)cc1. The Morgan fingerprint density at radius 3 is 2.61 bits per heavy atom. The molecule has 1 rings (SSSR count). The molecule has 0 fully saturated rings. The summed E-state index contributed by atoms with van der Waals surface area (Å²) >= 11 is 0. The van der Waals surface area contributed by atoms with E-state index in [1.807, 2.05) is 0 Å². The number of esters is 1. The minimum absolute atomic E-state index is 0.197. The quantitative estimate of drug-likeness (QED) is 0.319. The number of benzene rings is 1. The average molecular weight is 251 g/mol. The van der Waals surface area contributed by atoms with E-state index in [0.717, 1.165) is 0 Å². The summed E-state index contributed by atoms with van der Waals surface area (Å²) in [5.74, 6) is -0.528. The molecule has 7 heteroatoms. The summed E-state index contributed by atoms with van der Waals surface area (Å²) in [4.78, 5) is 22.1. The molecule has 0 spiro atoms. The van der Waals surface area contributed by atoms with Crippen LogP contribution in [0.25, 0.3) is 0 Å². The number of oxime groups is 1. The number of ether oxygens (including phenoxy) is 1. The molecule has 3 N–H and O–H groups in total. The van der Waals surface area contributed by atoms with Crippen molar-refractivity contribution >= 4 is 23.9 Å². The summed E-state index contributed by atoms with van der Waals surface area (Å²) in [5, 5.41) is 16.1. The van der Waals surface area contributed by atoms with E-state index in [9.17, 15) is 9.59 Å². The maximum absolute atomic E-state index is 11.3. The van der Waals surface area contributed by atoms with Crippen LogP contribution in [0, 0.1) is 0 Å². The van der Waals surface area contributed by atoms with E-state index in [4.69, 9.17) is 5.21 Å². The van der Waals surface area contributed by atoms with Crippen LogP contribution in [-0.4, -0.2) is 37.1 Å². The number of nitrogens with one attached hydrogen (secondary N) is 2. The lowest BCUT2D eigenvalue weighted by Gasteiger charge is -2.06. The van der Waals surface area contributed by atoms with E-state index < -0.39 is 12.0 Å². The molecular formula is C11H13N3O4. The van der Waals surface area contributed by atoms with E-state index in [1.54, 1.807) is 24.3 Å². The first kappa shape index (κ1) is 13.5. The molecule has 18 heavy (non-hydrogen) atoms. The van der Waals surface area contributed by atoms with Crippen molar-refractivity contribution in [1.29, 1.82) is 0 Å². The number of amides is 2. The van der Waals surface area contributed by atoms with Gasteiger partial charge in [0.25, 0.3) is 0 Å². The molecular weight excluding hydrogens is 238 g/mol. The average Bonchev–Trinajstić information content (AvgIpc) is 2.38. The second kappa shape index (κ2) is 6.89. The predicted molar refractivity (Wildman–Crippen MR) is 64.9 cm³/mol. The molecule has 0 atom stereocenters. The molecule has 0 saturated carbocycles. The molecule has 0 heterocycles. The largest absolute Gasteiger partial charge is 0.468 e. The fraction of sp³-hybridized carbons (Fsp3) is 0.182. The van der Waals surface area contributed by atoms with Gasteiger partial charge in [-0.2, -0.15) is 0 Å². The third-order valence-electron chi connectivity index (χ3n) is 2.00. The maximum atomic E-state index is 11.3. The van der Waals surface area contributed by atoms with Gasteiger partial charge < -0.3 is 20.6 Å². The Morgan fingerprint density at radius 1 is 1.39 bits per heavy atom. The van der Waals surface area contributed by atoms with Crippen molar-refractivity contribution in [3.63, 3.8) is 0 Å². The van der Waals surface area contributed by atoms with E-state index >= 15 is 0 Å². The van der Waals surface area contributed by atoms with Gasteiger partial charge in [-0.3, -0.25) is 4.79 Å². The molecule has 0 aliphatic carbocycles. The first-order chi connectivity index (χ1) is 8.65. The maximum Gasteiger partial charge on any atom is 0.325 e. The normalized spacial score (nSPS) is 10.1. The zero-order valence-corrected chi connectivity index (χ0v) is 9.71. The molecule has 0 bridgehead atoms. The van der Waals surface area contributed by atoms with E-state index in [-0.39, 0.29) is 6.54 Å². The summed E-state index contributed by atoms with van der Waals surface area (Å²) < 4.78 is 4.37. The standard InChI is InChI=1S/C11H13N3O4/c1-18-10(15)7-12-11(16)14-9-4-2-8(3-5-9)6-13-17/h2-6,17H,7H2,1H3,(H2,12,14,16). The van der Waals surface area contributed by atoms with Crippen molar-refractivity contribution in [2.24, 2.45) is 5.16 Å². The number of anilines is 1. The van der Waals surface area contributed by atoms with Crippen molar-refractivity contribution in [1.82, 2.24) is 5.32 Å². The minimum atomic E-state index is -0.528. The summed E-state index contributed by atoms with van der Waals surface area (Å²) in [6, 6.07) is 6.08. The second-order valence-corrected chi connectivity index (χ2v) is 3.25. The zero-order valence-electron chi connectivity index (χ0n) is 9.71. The van der Waals surface area contributed by atoms with Crippen LogP contribution in [0.5, 0.6) is 0 Å². The van der Waals surface area contributed by atoms with Crippen LogP contribution in [0.1, 0.15) is 5.56 Å². The topological polar surface area (TPSA) is 100 Å². The molecule has 1 aromatic carbocycles. The number of methoxy groups -OCH3 is 1. The van der Waals surface area contributed by atoms with E-state index in [0.29, 0.717) is 11.3 Å². The highest BCUT2D eigenvalue weighted by Crippen LogP contribution is 2.07. The third kappa shape index (κ3) is 4.52. The van der Waals surface area contributed by atoms with Gasteiger partial charge in [0.2, 0.25) is 0 Å². The molecule has 1 aromatic rings. The Kier molecular flexibility index (Phi) is 5.17. The lowest BCUT2D eigenvalue weighted by Crippen LogP contribution is -2.33. The van der Waals surface area contributed by atoms with Crippen LogP contribution in [0.3, 0.4) is 0 Å². The predicted octanol–water partition coefficient (Wildman–Crippen LogP) is 0.789. The van der Waals surface area contributed by atoms with Crippen molar-refractivity contribution < 1.29 is 19.5 Å². The highest BCUT2D eigenvalue weighted by molar-refractivity contribution is 5.91. The van der Waals surface area contributed by atoms with E-state index in [2.05, 4.69) is 20.5 Å². The molecule has 0 aliphatic heterocycles. The Hall–Kier alpha value is -2.57. The number of nitrogens with zero attached hydrogens (tertiary/aromatic N) is 1. The van der Waals surface area contributed by atoms with Gasteiger partial charge in [-0.05, 0) is 17.7 Å². The van der Waals surface area contributed by atoms with Crippen LogP contribution >= 0.6 is 0 Å². The third-order valence-corrected chi connectivity index (χ3v) is 2.00. The summed E-state index contributed by atoms with van der Waals surface area (Å²) in [6.07, 6.45) is 1.26. The van der Waals surface area contributed by atoms with Crippen LogP contribution in [0.15, 0.2) is 29.4 Å². The Bertz CT molecular complexity index is 442. The fourth-order valence-electron chi connectivity index (χ4n) is 1.12. The monoisotopic (exact) mass is 251 g/mol. The van der Waals surface area contributed by atoms with Crippen LogP contribution < -0.4 is 10.6 Å². The summed E-state index contributed by atoms with van der Waals surface area (Å²) in [5.41, 5.74) is 1.24. The number of carbonyl (C=O) groups excluding carboxylic acids is 2. The molecule has 2 amide bonds. The van der Waals surface area contributed by atoms with Gasteiger partial charge >= 0.3 is 12.0 Å². The van der Waals surface area contributed by atoms with Gasteiger partial charge in [0, 0.05) is 5.69 Å². The first-order valence-corrected chi connectivity index (χ1v) is 5.05. The number of carbonyl (C=O) groups is 2. The molecule has 0 saturated heterocycles.